The van der Waals surface area contributed by atoms with Crippen LogP contribution in [0.3, 0.4) is 0 Å². The van der Waals surface area contributed by atoms with Crippen LogP contribution in [0, 0.1) is 0 Å². The van der Waals surface area contributed by atoms with Crippen LogP contribution in [-0.4, -0.2) is 25.3 Å². The maximum atomic E-state index is 12.8. The molecule has 7 nitrogen and oxygen atoms in total. The van der Waals surface area contributed by atoms with Crippen molar-refractivity contribution in [2.24, 2.45) is 0 Å². The molecule has 0 fully saturated rings. The summed E-state index contributed by atoms with van der Waals surface area (Å²) in [5.74, 6) is 0.0788. The van der Waals surface area contributed by atoms with Gasteiger partial charge in [0.2, 0.25) is 0 Å². The molecule has 0 aliphatic carbocycles. The maximum Gasteiger partial charge on any atom is 0.345 e. The van der Waals surface area contributed by atoms with Crippen molar-refractivity contribution in [3.63, 3.8) is 0 Å². The first-order valence-electron chi connectivity index (χ1n) is 9.09. The molecule has 0 amide bonds. The van der Waals surface area contributed by atoms with Gasteiger partial charge in [-0.2, -0.15) is 0 Å². The number of hydrogen-bond acceptors (Lipinski definition) is 6. The average molecular weight is 422 g/mol. The van der Waals surface area contributed by atoms with Crippen LogP contribution < -0.4 is 21.0 Å². The predicted molar refractivity (Wildman–Crippen MR) is 116 cm³/mol. The molecule has 2 heterocycles. The molecule has 0 saturated carbocycles. The monoisotopic (exact) mass is 422 g/mol. The van der Waals surface area contributed by atoms with Crippen molar-refractivity contribution in [1.29, 1.82) is 0 Å². The molecular weight excluding hydrogens is 404 g/mol. The molecule has 0 saturated heterocycles. The third kappa shape index (κ3) is 3.53. The number of methoxy groups -OCH3 is 2. The highest BCUT2D eigenvalue weighted by atomic mass is 32.1. The molecular formula is C22H18N2O5S. The second-order valence-electron chi connectivity index (χ2n) is 6.57. The molecule has 2 aromatic carbocycles. The van der Waals surface area contributed by atoms with Crippen molar-refractivity contribution in [2.45, 2.75) is 6.04 Å². The number of benzene rings is 2. The third-order valence-electron chi connectivity index (χ3n) is 4.84. The minimum absolute atomic E-state index is 0.191. The molecule has 2 N–H and O–H groups in total. The fraction of sp³-hybridized carbons (Fsp3) is 0.136. The van der Waals surface area contributed by atoms with Crippen LogP contribution in [0.4, 0.5) is 0 Å². The van der Waals surface area contributed by atoms with Gasteiger partial charge in [-0.25, -0.2) is 9.59 Å². The van der Waals surface area contributed by atoms with E-state index < -0.39 is 17.6 Å². The normalized spacial score (nSPS) is 16.1. The van der Waals surface area contributed by atoms with Gasteiger partial charge in [0.25, 0.3) is 0 Å². The Hall–Kier alpha value is -3.65. The Bertz CT molecular complexity index is 1230. The molecule has 0 bridgehead atoms. The molecule has 0 spiro atoms. The topological polar surface area (TPSA) is 89.8 Å². The van der Waals surface area contributed by atoms with Crippen LogP contribution >= 0.6 is 12.2 Å². The summed E-state index contributed by atoms with van der Waals surface area (Å²) < 4.78 is 15.7. The number of ether oxygens (including phenoxy) is 2. The number of hydrogen-bond donors (Lipinski definition) is 2. The largest absolute Gasteiger partial charge is 0.497 e. The molecule has 30 heavy (non-hydrogen) atoms. The minimum Gasteiger partial charge on any atom is -0.497 e. The Morgan fingerprint density at radius 3 is 2.53 bits per heavy atom. The lowest BCUT2D eigenvalue weighted by Gasteiger charge is -2.30. The molecule has 1 unspecified atom stereocenters. The van der Waals surface area contributed by atoms with E-state index in [-0.39, 0.29) is 21.9 Å². The number of para-hydroxylation sites is 1. The number of rotatable bonds is 4. The predicted octanol–water partition coefficient (Wildman–Crippen LogP) is 2.90. The highest BCUT2D eigenvalue weighted by Gasteiger charge is 2.34. The van der Waals surface area contributed by atoms with E-state index in [1.54, 1.807) is 37.4 Å². The Morgan fingerprint density at radius 1 is 1.10 bits per heavy atom. The molecule has 1 atom stereocenters. The van der Waals surface area contributed by atoms with Gasteiger partial charge in [-0.1, -0.05) is 30.3 Å². The fourth-order valence-electron chi connectivity index (χ4n) is 3.39. The van der Waals surface area contributed by atoms with E-state index in [0.29, 0.717) is 11.3 Å². The van der Waals surface area contributed by atoms with E-state index >= 15 is 0 Å². The van der Waals surface area contributed by atoms with E-state index in [1.807, 2.05) is 24.3 Å². The van der Waals surface area contributed by atoms with Gasteiger partial charge in [-0.3, -0.25) is 0 Å². The van der Waals surface area contributed by atoms with E-state index in [2.05, 4.69) is 10.6 Å². The summed E-state index contributed by atoms with van der Waals surface area (Å²) in [6.07, 6.45) is 0. The summed E-state index contributed by atoms with van der Waals surface area (Å²) in [5, 5.41) is 7.01. The second-order valence-corrected chi connectivity index (χ2v) is 6.98. The van der Waals surface area contributed by atoms with E-state index in [9.17, 15) is 9.59 Å². The number of carbonyl (C=O) groups excluding carboxylic acids is 1. The lowest BCUT2D eigenvalue weighted by atomic mass is 9.93. The summed E-state index contributed by atoms with van der Waals surface area (Å²) >= 11 is 5.36. The molecule has 1 aliphatic heterocycles. The number of thiocarbonyl (C=S) groups is 1. The Labute approximate surface area is 177 Å². The standard InChI is InChI=1S/C22H18N2O5S/c1-27-14-9-7-12(8-10-14)18-17(21(26)28-2)19(24-22(30)23-18)15-11-13-5-3-4-6-16(13)29-20(15)25/h3-11,18H,1-2H3,(H2,23,24,30). The SMILES string of the molecule is COC(=O)C1=C(c2cc3ccccc3oc2=O)NC(=S)NC1c1ccc(OC)cc1. The smallest absolute Gasteiger partial charge is 0.345 e. The van der Waals surface area contributed by atoms with Crippen molar-refractivity contribution in [1.82, 2.24) is 10.6 Å². The van der Waals surface area contributed by atoms with Gasteiger partial charge < -0.3 is 24.5 Å². The number of fused-ring (bicyclic) bond motifs is 1. The second kappa shape index (κ2) is 8.00. The number of carbonyl (C=O) groups is 1. The molecule has 4 rings (SSSR count). The van der Waals surface area contributed by atoms with Crippen molar-refractivity contribution in [3.05, 3.63) is 81.7 Å². The highest BCUT2D eigenvalue weighted by molar-refractivity contribution is 7.80. The maximum absolute atomic E-state index is 12.8. The lowest BCUT2D eigenvalue weighted by molar-refractivity contribution is -0.136. The van der Waals surface area contributed by atoms with E-state index in [1.165, 1.54) is 7.11 Å². The van der Waals surface area contributed by atoms with Crippen LogP contribution in [0.25, 0.3) is 16.7 Å². The van der Waals surface area contributed by atoms with Gasteiger partial charge in [-0.05, 0) is 42.0 Å². The van der Waals surface area contributed by atoms with Gasteiger partial charge in [0.05, 0.1) is 37.1 Å². The average Bonchev–Trinajstić information content (AvgIpc) is 2.77. The van der Waals surface area contributed by atoms with Crippen LogP contribution in [0.5, 0.6) is 5.75 Å². The van der Waals surface area contributed by atoms with Crippen LogP contribution in [-0.2, 0) is 9.53 Å². The first-order chi connectivity index (χ1) is 14.5. The quantitative estimate of drug-likeness (QED) is 0.377. The van der Waals surface area contributed by atoms with Gasteiger partial charge in [0.15, 0.2) is 5.11 Å². The molecule has 0 radical (unpaired) electrons. The van der Waals surface area contributed by atoms with Crippen molar-refractivity contribution >= 4 is 40.0 Å². The zero-order valence-electron chi connectivity index (χ0n) is 16.2. The van der Waals surface area contributed by atoms with Gasteiger partial charge in [0, 0.05) is 5.39 Å². The first-order valence-corrected chi connectivity index (χ1v) is 9.50. The first kappa shape index (κ1) is 19.7. The van der Waals surface area contributed by atoms with Crippen LogP contribution in [0.2, 0.25) is 0 Å². The Kier molecular flexibility index (Phi) is 5.24. The Morgan fingerprint density at radius 2 is 1.83 bits per heavy atom. The summed E-state index contributed by atoms with van der Waals surface area (Å²) in [6, 6.07) is 15.4. The lowest BCUT2D eigenvalue weighted by Crippen LogP contribution is -2.45. The van der Waals surface area contributed by atoms with Crippen molar-refractivity contribution in [3.8, 4) is 5.75 Å². The molecule has 8 heteroatoms. The summed E-state index contributed by atoms with van der Waals surface area (Å²) in [4.78, 5) is 25.5. The molecule has 1 aromatic heterocycles. The highest BCUT2D eigenvalue weighted by Crippen LogP contribution is 2.32. The van der Waals surface area contributed by atoms with E-state index in [4.69, 9.17) is 26.1 Å². The number of nitrogens with one attached hydrogen (secondary N) is 2. The fourth-order valence-corrected chi connectivity index (χ4v) is 3.61. The summed E-state index contributed by atoms with van der Waals surface area (Å²) in [7, 11) is 2.86. The van der Waals surface area contributed by atoms with E-state index in [0.717, 1.165) is 10.9 Å². The van der Waals surface area contributed by atoms with Gasteiger partial charge in [-0.15, -0.1) is 0 Å². The third-order valence-corrected chi connectivity index (χ3v) is 5.06. The van der Waals surface area contributed by atoms with Crippen molar-refractivity contribution in [2.75, 3.05) is 14.2 Å². The van der Waals surface area contributed by atoms with Crippen LogP contribution in [0.1, 0.15) is 17.2 Å². The van der Waals surface area contributed by atoms with Gasteiger partial charge in [0.1, 0.15) is 11.3 Å². The molecule has 152 valence electrons. The zero-order valence-corrected chi connectivity index (χ0v) is 17.0. The molecule has 1 aliphatic rings. The number of esters is 1. The summed E-state index contributed by atoms with van der Waals surface area (Å²) in [5.41, 5.74) is 1.29. The summed E-state index contributed by atoms with van der Waals surface area (Å²) in [6.45, 7) is 0. The van der Waals surface area contributed by atoms with Crippen LogP contribution in [0.15, 0.2) is 69.4 Å². The minimum atomic E-state index is -0.627. The molecule has 3 aromatic rings. The van der Waals surface area contributed by atoms with Gasteiger partial charge >= 0.3 is 11.6 Å². The van der Waals surface area contributed by atoms with Crippen molar-refractivity contribution < 1.29 is 18.7 Å². The zero-order chi connectivity index (χ0) is 21.3. The Balaban J connectivity index is 1.94.